The van der Waals surface area contributed by atoms with Crippen molar-refractivity contribution in [2.45, 2.75) is 19.3 Å². The molecule has 29 heavy (non-hydrogen) atoms. The molecule has 1 saturated heterocycles. The van der Waals surface area contributed by atoms with Crippen LogP contribution in [0, 0.1) is 10.1 Å². The number of azide groups is 1. The second kappa shape index (κ2) is 11.1. The van der Waals surface area contributed by atoms with Crippen molar-refractivity contribution in [3.05, 3.63) is 38.8 Å². The number of imide groups is 1. The molecule has 2 amide bonds. The van der Waals surface area contributed by atoms with Crippen LogP contribution in [0.2, 0.25) is 0 Å². The second-order valence-electron chi connectivity index (χ2n) is 5.51. The van der Waals surface area contributed by atoms with E-state index in [0.29, 0.717) is 28.8 Å². The Balaban J connectivity index is 1.65. The number of nitro benzene ring substituents is 1. The van der Waals surface area contributed by atoms with E-state index in [2.05, 4.69) is 15.3 Å². The van der Waals surface area contributed by atoms with E-state index in [-0.39, 0.29) is 30.6 Å². The molecule has 12 nitrogen and oxygen atoms in total. The number of hydrogen-bond acceptors (Lipinski definition) is 10. The normalized spacial score (nSPS) is 13.2. The van der Waals surface area contributed by atoms with Gasteiger partial charge in [0.15, 0.2) is 0 Å². The van der Waals surface area contributed by atoms with Gasteiger partial charge in [0.1, 0.15) is 5.69 Å². The minimum atomic E-state index is -0.657. The van der Waals surface area contributed by atoms with Crippen LogP contribution in [-0.2, 0) is 19.2 Å². The van der Waals surface area contributed by atoms with E-state index in [1.54, 1.807) is 0 Å². The molecule has 0 aromatic heterocycles. The first-order chi connectivity index (χ1) is 13.9. The molecule has 1 aromatic rings. The molecular weight excluding hydrogens is 424 g/mol. The van der Waals surface area contributed by atoms with E-state index in [0.717, 1.165) is 0 Å². The zero-order valence-corrected chi connectivity index (χ0v) is 16.6. The molecule has 1 aromatic carbocycles. The van der Waals surface area contributed by atoms with Crippen molar-refractivity contribution < 1.29 is 24.1 Å². The number of hydroxylamine groups is 2. The lowest BCUT2D eigenvalue weighted by molar-refractivity contribution is -0.383. The van der Waals surface area contributed by atoms with Crippen molar-refractivity contribution in [2.75, 3.05) is 23.4 Å². The molecule has 1 fully saturated rings. The summed E-state index contributed by atoms with van der Waals surface area (Å²) in [5.41, 5.74) is 8.66. The predicted octanol–water partition coefficient (Wildman–Crippen LogP) is 3.33. The monoisotopic (exact) mass is 440 g/mol. The number of hydrogen-bond donors (Lipinski definition) is 1. The topological polar surface area (TPSA) is 168 Å². The third kappa shape index (κ3) is 6.85. The molecule has 1 aliphatic heterocycles. The zero-order chi connectivity index (χ0) is 21.2. The number of carbonyl (C=O) groups is 3. The Morgan fingerprint density at radius 1 is 1.31 bits per heavy atom. The average Bonchev–Trinajstić information content (AvgIpc) is 3.00. The van der Waals surface area contributed by atoms with Gasteiger partial charge in [0.05, 0.1) is 11.3 Å². The van der Waals surface area contributed by atoms with Crippen LogP contribution in [0.3, 0.4) is 0 Å². The van der Waals surface area contributed by atoms with Gasteiger partial charge in [-0.05, 0) is 11.6 Å². The van der Waals surface area contributed by atoms with Crippen molar-refractivity contribution >= 4 is 56.4 Å². The molecule has 0 aliphatic carbocycles. The maximum absolute atomic E-state index is 11.6. The molecule has 0 bridgehead atoms. The molecule has 1 aliphatic rings. The lowest BCUT2D eigenvalue weighted by Gasteiger charge is -2.12. The van der Waals surface area contributed by atoms with E-state index >= 15 is 0 Å². The van der Waals surface area contributed by atoms with Gasteiger partial charge in [-0.1, -0.05) is 32.8 Å². The summed E-state index contributed by atoms with van der Waals surface area (Å²) in [6, 6.07) is 4.13. The van der Waals surface area contributed by atoms with Crippen molar-refractivity contribution in [1.29, 1.82) is 0 Å². The summed E-state index contributed by atoms with van der Waals surface area (Å²) in [5, 5.41) is 17.9. The number of nitrogens with zero attached hydrogens (tertiary/aromatic N) is 5. The van der Waals surface area contributed by atoms with Crippen LogP contribution in [0.5, 0.6) is 0 Å². The van der Waals surface area contributed by atoms with Gasteiger partial charge in [0.2, 0.25) is 0 Å². The first kappa shape index (κ1) is 22.3. The summed E-state index contributed by atoms with van der Waals surface area (Å²) in [5.74, 6) is -0.676. The summed E-state index contributed by atoms with van der Waals surface area (Å²) < 4.78 is 0. The fourth-order valence-electron chi connectivity index (χ4n) is 2.21. The molecule has 0 unspecified atom stereocenters. The van der Waals surface area contributed by atoms with Crippen LogP contribution in [0.1, 0.15) is 19.3 Å². The van der Waals surface area contributed by atoms with Gasteiger partial charge in [-0.2, -0.15) is 0 Å². The van der Waals surface area contributed by atoms with E-state index in [9.17, 15) is 24.5 Å². The van der Waals surface area contributed by atoms with Gasteiger partial charge in [-0.25, -0.2) is 4.79 Å². The lowest BCUT2D eigenvalue weighted by atomic mass is 10.2. The van der Waals surface area contributed by atoms with Crippen LogP contribution in [0.15, 0.2) is 23.3 Å². The van der Waals surface area contributed by atoms with E-state index in [4.69, 9.17) is 10.4 Å². The van der Waals surface area contributed by atoms with Crippen LogP contribution in [0.4, 0.5) is 17.1 Å². The number of benzene rings is 1. The first-order valence-corrected chi connectivity index (χ1v) is 10.8. The van der Waals surface area contributed by atoms with Gasteiger partial charge in [-0.15, -0.1) is 5.06 Å². The van der Waals surface area contributed by atoms with E-state index in [1.165, 1.54) is 39.8 Å². The fourth-order valence-corrected chi connectivity index (χ4v) is 4.09. The third-order valence-corrected chi connectivity index (χ3v) is 5.92. The summed E-state index contributed by atoms with van der Waals surface area (Å²) in [6.45, 7) is 0.431. The number of anilines is 1. The highest BCUT2D eigenvalue weighted by atomic mass is 33.1. The molecule has 0 radical (unpaired) electrons. The fraction of sp³-hybridized carbons (Fsp3) is 0.400. The Morgan fingerprint density at radius 3 is 2.66 bits per heavy atom. The molecule has 14 heteroatoms. The average molecular weight is 440 g/mol. The highest BCUT2D eigenvalue weighted by Gasteiger charge is 2.32. The predicted molar refractivity (Wildman–Crippen MR) is 107 cm³/mol. The van der Waals surface area contributed by atoms with Gasteiger partial charge in [0.25, 0.3) is 17.5 Å². The van der Waals surface area contributed by atoms with Crippen molar-refractivity contribution in [1.82, 2.24) is 5.06 Å². The quantitative estimate of drug-likeness (QED) is 0.0792. The maximum Gasteiger partial charge on any atom is 0.334 e. The number of rotatable bonds is 11. The van der Waals surface area contributed by atoms with Gasteiger partial charge >= 0.3 is 5.97 Å². The van der Waals surface area contributed by atoms with Crippen LogP contribution < -0.4 is 5.32 Å². The minimum absolute atomic E-state index is 0.0362. The number of nitrogens with one attached hydrogen (secondary N) is 1. The highest BCUT2D eigenvalue weighted by Crippen LogP contribution is 2.30. The molecular formula is C15H16N6O6S2. The third-order valence-electron chi connectivity index (χ3n) is 3.51. The second-order valence-corrected chi connectivity index (χ2v) is 8.22. The SMILES string of the molecule is [N-]=[N+]=Nc1ccc(NCCSSCCC(=O)ON2C(=O)CCC2=O)c([N+](=O)[O-])c1. The maximum atomic E-state index is 11.6. The van der Waals surface area contributed by atoms with Gasteiger partial charge in [-0.3, -0.25) is 19.7 Å². The first-order valence-electron chi connectivity index (χ1n) is 8.30. The molecule has 1 N–H and O–H groups in total. The molecule has 154 valence electrons. The molecule has 0 spiro atoms. The van der Waals surface area contributed by atoms with E-state index in [1.807, 2.05) is 0 Å². The van der Waals surface area contributed by atoms with Gasteiger partial charge in [0, 0.05) is 47.6 Å². The summed E-state index contributed by atoms with van der Waals surface area (Å²) >= 11 is 0. The summed E-state index contributed by atoms with van der Waals surface area (Å²) in [7, 11) is 2.84. The Kier molecular flexibility index (Phi) is 8.58. The number of carbonyl (C=O) groups excluding carboxylic acids is 3. The summed E-state index contributed by atoms with van der Waals surface area (Å²) in [6.07, 6.45) is 0.140. The highest BCUT2D eigenvalue weighted by molar-refractivity contribution is 8.76. The largest absolute Gasteiger partial charge is 0.379 e. The van der Waals surface area contributed by atoms with Crippen molar-refractivity contribution in [3.63, 3.8) is 0 Å². The minimum Gasteiger partial charge on any atom is -0.379 e. The standard InChI is InChI=1S/C15H16N6O6S2/c16-19-18-10-1-2-11(12(9-10)21(25)26)17-6-8-29-28-7-5-15(24)27-20-13(22)3-4-14(20)23/h1-2,9,17H,3-8H2. The van der Waals surface area contributed by atoms with Crippen LogP contribution in [0.25, 0.3) is 10.4 Å². The smallest absolute Gasteiger partial charge is 0.334 e. The molecule has 0 saturated carbocycles. The van der Waals surface area contributed by atoms with Crippen LogP contribution >= 0.6 is 21.6 Å². The zero-order valence-electron chi connectivity index (χ0n) is 15.0. The molecule has 1 heterocycles. The van der Waals surface area contributed by atoms with Gasteiger partial charge < -0.3 is 10.2 Å². The van der Waals surface area contributed by atoms with E-state index < -0.39 is 22.7 Å². The Labute approximate surface area is 172 Å². The number of amides is 2. The van der Waals surface area contributed by atoms with Crippen molar-refractivity contribution in [2.24, 2.45) is 5.11 Å². The molecule has 0 atom stereocenters. The lowest BCUT2D eigenvalue weighted by Crippen LogP contribution is -2.32. The van der Waals surface area contributed by atoms with Crippen LogP contribution in [-0.4, -0.2) is 45.8 Å². The van der Waals surface area contributed by atoms with Crippen molar-refractivity contribution in [3.8, 4) is 0 Å². The molecule has 2 rings (SSSR count). The Bertz CT molecular complexity index is 844. The Morgan fingerprint density at radius 2 is 2.00 bits per heavy atom. The number of nitro groups is 1. The summed E-state index contributed by atoms with van der Waals surface area (Å²) in [4.78, 5) is 52.2. The Hall–Kier alpha value is -2.96.